The molecular formula is C17H16FN3O5. The van der Waals surface area contributed by atoms with Crippen LogP contribution in [0.15, 0.2) is 48.5 Å². The van der Waals surface area contributed by atoms with Gasteiger partial charge < -0.3 is 4.74 Å². The highest BCUT2D eigenvalue weighted by Crippen LogP contribution is 2.13. The standard InChI is InChI=1S/C17H16FN3O5/c1-11(26-15-8-4-13(18)5-9-15)17(23)20-19-16(22)10-12-2-6-14(7-3-12)21(24)25/h2-9,11H,10H2,1H3,(H,19,22)(H,20,23)/t11-/m1/s1. The van der Waals surface area contributed by atoms with Gasteiger partial charge in [0, 0.05) is 12.1 Å². The molecule has 0 heterocycles. The van der Waals surface area contributed by atoms with E-state index in [0.717, 1.165) is 0 Å². The van der Waals surface area contributed by atoms with Gasteiger partial charge in [0.15, 0.2) is 6.10 Å². The largest absolute Gasteiger partial charge is 0.481 e. The summed E-state index contributed by atoms with van der Waals surface area (Å²) in [5, 5.41) is 10.6. The number of carbonyl (C=O) groups excluding carboxylic acids is 2. The number of non-ortho nitro benzene ring substituents is 1. The van der Waals surface area contributed by atoms with Crippen molar-refractivity contribution in [1.29, 1.82) is 0 Å². The second-order valence-electron chi connectivity index (χ2n) is 5.35. The van der Waals surface area contributed by atoms with Gasteiger partial charge in [-0.15, -0.1) is 0 Å². The summed E-state index contributed by atoms with van der Waals surface area (Å²) in [6.45, 7) is 1.47. The van der Waals surface area contributed by atoms with Gasteiger partial charge in [-0.2, -0.15) is 0 Å². The lowest BCUT2D eigenvalue weighted by atomic mass is 10.1. The zero-order valence-electron chi connectivity index (χ0n) is 13.8. The maximum atomic E-state index is 12.8. The Morgan fingerprint density at radius 2 is 1.73 bits per heavy atom. The lowest BCUT2D eigenvalue weighted by Crippen LogP contribution is -2.47. The molecule has 0 saturated carbocycles. The van der Waals surface area contributed by atoms with E-state index in [1.807, 2.05) is 0 Å². The molecule has 0 unspecified atom stereocenters. The molecule has 2 rings (SSSR count). The van der Waals surface area contributed by atoms with Gasteiger partial charge in [-0.3, -0.25) is 30.6 Å². The fourth-order valence-corrected chi connectivity index (χ4v) is 1.97. The van der Waals surface area contributed by atoms with Gasteiger partial charge in [-0.25, -0.2) is 4.39 Å². The summed E-state index contributed by atoms with van der Waals surface area (Å²) in [4.78, 5) is 33.7. The summed E-state index contributed by atoms with van der Waals surface area (Å²) in [5.41, 5.74) is 4.93. The fraction of sp³-hybridized carbons (Fsp3) is 0.176. The molecule has 2 N–H and O–H groups in total. The first-order valence-corrected chi connectivity index (χ1v) is 7.59. The molecule has 26 heavy (non-hydrogen) atoms. The van der Waals surface area contributed by atoms with Crippen LogP contribution in [0.1, 0.15) is 12.5 Å². The molecule has 0 spiro atoms. The van der Waals surface area contributed by atoms with Crippen molar-refractivity contribution in [2.45, 2.75) is 19.4 Å². The molecule has 1 atom stereocenters. The molecule has 0 aliphatic heterocycles. The average molecular weight is 361 g/mol. The van der Waals surface area contributed by atoms with E-state index in [1.165, 1.54) is 55.5 Å². The van der Waals surface area contributed by atoms with Crippen LogP contribution in [-0.4, -0.2) is 22.8 Å². The molecule has 0 saturated heterocycles. The molecule has 8 nitrogen and oxygen atoms in total. The summed E-state index contributed by atoms with van der Waals surface area (Å²) in [6.07, 6.45) is -0.981. The van der Waals surface area contributed by atoms with E-state index in [9.17, 15) is 24.1 Å². The van der Waals surface area contributed by atoms with Crippen molar-refractivity contribution in [2.75, 3.05) is 0 Å². The van der Waals surface area contributed by atoms with Crippen molar-refractivity contribution in [3.63, 3.8) is 0 Å². The van der Waals surface area contributed by atoms with Crippen LogP contribution in [0, 0.1) is 15.9 Å². The fourth-order valence-electron chi connectivity index (χ4n) is 1.97. The lowest BCUT2D eigenvalue weighted by Gasteiger charge is -2.15. The topological polar surface area (TPSA) is 111 Å². The molecule has 136 valence electrons. The Morgan fingerprint density at radius 1 is 1.12 bits per heavy atom. The summed E-state index contributed by atoms with van der Waals surface area (Å²) < 4.78 is 18.1. The van der Waals surface area contributed by atoms with E-state index in [-0.39, 0.29) is 12.1 Å². The van der Waals surface area contributed by atoms with Crippen LogP contribution in [0.2, 0.25) is 0 Å². The van der Waals surface area contributed by atoms with E-state index in [0.29, 0.717) is 11.3 Å². The van der Waals surface area contributed by atoms with Gasteiger partial charge in [0.1, 0.15) is 11.6 Å². The quantitative estimate of drug-likeness (QED) is 0.603. The molecule has 2 aromatic carbocycles. The number of halogens is 1. The third-order valence-electron chi connectivity index (χ3n) is 3.33. The van der Waals surface area contributed by atoms with Gasteiger partial charge in [0.05, 0.1) is 11.3 Å². The van der Waals surface area contributed by atoms with Crippen LogP contribution < -0.4 is 15.6 Å². The number of nitrogens with one attached hydrogen (secondary N) is 2. The first-order chi connectivity index (χ1) is 12.3. The Labute approximate surface area is 148 Å². The third kappa shape index (κ3) is 5.55. The van der Waals surface area contributed by atoms with Crippen molar-refractivity contribution in [2.24, 2.45) is 0 Å². The SMILES string of the molecule is C[C@@H](Oc1ccc(F)cc1)C(=O)NNC(=O)Cc1ccc([N+](=O)[O-])cc1. The highest BCUT2D eigenvalue weighted by molar-refractivity contribution is 5.85. The molecule has 0 bridgehead atoms. The van der Waals surface area contributed by atoms with Crippen LogP contribution in [0.25, 0.3) is 0 Å². The van der Waals surface area contributed by atoms with E-state index in [4.69, 9.17) is 4.74 Å². The molecule has 9 heteroatoms. The number of nitro benzene ring substituents is 1. The molecule has 2 amide bonds. The summed E-state index contributed by atoms with van der Waals surface area (Å²) in [5.74, 6) is -1.20. The van der Waals surface area contributed by atoms with Crippen LogP contribution in [-0.2, 0) is 16.0 Å². The molecule has 0 fully saturated rings. The first-order valence-electron chi connectivity index (χ1n) is 7.59. The predicted molar refractivity (Wildman–Crippen MR) is 89.6 cm³/mol. The van der Waals surface area contributed by atoms with Gasteiger partial charge in [-0.05, 0) is 36.8 Å². The van der Waals surface area contributed by atoms with E-state index in [1.54, 1.807) is 0 Å². The second kappa shape index (κ2) is 8.56. The highest BCUT2D eigenvalue weighted by atomic mass is 19.1. The minimum Gasteiger partial charge on any atom is -0.481 e. The van der Waals surface area contributed by atoms with Crippen molar-refractivity contribution in [3.8, 4) is 5.75 Å². The first kappa shape index (κ1) is 18.8. The summed E-state index contributed by atoms with van der Waals surface area (Å²) in [7, 11) is 0. The number of amides is 2. The van der Waals surface area contributed by atoms with Crippen molar-refractivity contribution in [3.05, 3.63) is 70.0 Å². The smallest absolute Gasteiger partial charge is 0.279 e. The minimum atomic E-state index is -0.917. The zero-order valence-corrected chi connectivity index (χ0v) is 13.8. The number of benzene rings is 2. The van der Waals surface area contributed by atoms with Gasteiger partial charge >= 0.3 is 0 Å². The average Bonchev–Trinajstić information content (AvgIpc) is 2.62. The Kier molecular flexibility index (Phi) is 6.20. The van der Waals surface area contributed by atoms with Crippen molar-refractivity contribution in [1.82, 2.24) is 10.9 Å². The molecular weight excluding hydrogens is 345 g/mol. The van der Waals surface area contributed by atoms with Crippen LogP contribution >= 0.6 is 0 Å². The predicted octanol–water partition coefficient (Wildman–Crippen LogP) is 1.89. The van der Waals surface area contributed by atoms with Gasteiger partial charge in [0.25, 0.3) is 11.6 Å². The lowest BCUT2D eigenvalue weighted by molar-refractivity contribution is -0.384. The maximum Gasteiger partial charge on any atom is 0.279 e. The number of rotatable bonds is 6. The van der Waals surface area contributed by atoms with Crippen LogP contribution in [0.3, 0.4) is 0 Å². The van der Waals surface area contributed by atoms with E-state index < -0.39 is 28.7 Å². The van der Waals surface area contributed by atoms with Gasteiger partial charge in [0.2, 0.25) is 5.91 Å². The van der Waals surface area contributed by atoms with Gasteiger partial charge in [-0.1, -0.05) is 12.1 Å². The molecule has 2 aromatic rings. The molecule has 0 aromatic heterocycles. The maximum absolute atomic E-state index is 12.8. The summed E-state index contributed by atoms with van der Waals surface area (Å²) >= 11 is 0. The zero-order chi connectivity index (χ0) is 19.1. The Balaban J connectivity index is 1.79. The summed E-state index contributed by atoms with van der Waals surface area (Å²) in [6, 6.07) is 10.7. The van der Waals surface area contributed by atoms with Crippen LogP contribution in [0.4, 0.5) is 10.1 Å². The third-order valence-corrected chi connectivity index (χ3v) is 3.33. The number of nitro groups is 1. The minimum absolute atomic E-state index is 0.0640. The number of carbonyl (C=O) groups is 2. The number of hydrogen-bond acceptors (Lipinski definition) is 5. The normalized spacial score (nSPS) is 11.3. The molecule has 0 aliphatic carbocycles. The number of hydrogen-bond donors (Lipinski definition) is 2. The monoisotopic (exact) mass is 361 g/mol. The Hall–Kier alpha value is -3.49. The van der Waals surface area contributed by atoms with Crippen molar-refractivity contribution < 1.29 is 23.6 Å². The number of hydrazine groups is 1. The molecule has 0 aliphatic rings. The van der Waals surface area contributed by atoms with E-state index >= 15 is 0 Å². The molecule has 0 radical (unpaired) electrons. The Morgan fingerprint density at radius 3 is 2.31 bits per heavy atom. The highest BCUT2D eigenvalue weighted by Gasteiger charge is 2.15. The van der Waals surface area contributed by atoms with Crippen molar-refractivity contribution >= 4 is 17.5 Å². The number of ether oxygens (including phenoxy) is 1. The second-order valence-corrected chi connectivity index (χ2v) is 5.35. The van der Waals surface area contributed by atoms with Crippen LogP contribution in [0.5, 0.6) is 5.75 Å². The number of nitrogens with zero attached hydrogens (tertiary/aromatic N) is 1. The Bertz CT molecular complexity index is 793. The van der Waals surface area contributed by atoms with E-state index in [2.05, 4.69) is 10.9 Å².